The molecule has 3 rings (SSSR count). The third kappa shape index (κ3) is 4.25. The van der Waals surface area contributed by atoms with Crippen LogP contribution < -0.4 is 15.0 Å². The predicted octanol–water partition coefficient (Wildman–Crippen LogP) is 2.97. The standard InChI is InChI=1S/C18H20BrN3O4/c1-21(2)8-3-9-22-13-10-12(4-5-14(13)25-11-17(22)23)20-18(24)15-6-7-16(19)26-15/h4-7,10H,3,8-9,11H2,1-2H3,(H,20,24). The monoisotopic (exact) mass is 421 g/mol. The van der Waals surface area contributed by atoms with Crippen molar-refractivity contribution in [3.63, 3.8) is 0 Å². The lowest BCUT2D eigenvalue weighted by Crippen LogP contribution is -2.40. The minimum atomic E-state index is -0.363. The van der Waals surface area contributed by atoms with Crippen LogP contribution in [0.25, 0.3) is 0 Å². The molecule has 0 saturated heterocycles. The van der Waals surface area contributed by atoms with Gasteiger partial charge in [-0.3, -0.25) is 9.59 Å². The van der Waals surface area contributed by atoms with E-state index in [9.17, 15) is 9.59 Å². The second-order valence-corrected chi connectivity index (χ2v) is 7.01. The molecule has 1 N–H and O–H groups in total. The molecule has 1 aromatic carbocycles. The number of hydrogen-bond donors (Lipinski definition) is 1. The fraction of sp³-hybridized carbons (Fsp3) is 0.333. The van der Waals surface area contributed by atoms with Gasteiger partial charge in [-0.25, -0.2) is 0 Å². The van der Waals surface area contributed by atoms with Gasteiger partial charge in [-0.15, -0.1) is 0 Å². The summed E-state index contributed by atoms with van der Waals surface area (Å²) in [6.07, 6.45) is 0.842. The van der Waals surface area contributed by atoms with Crippen LogP contribution >= 0.6 is 15.9 Å². The molecule has 2 aromatic rings. The van der Waals surface area contributed by atoms with Crippen LogP contribution in [0.1, 0.15) is 17.0 Å². The number of carbonyl (C=O) groups excluding carboxylic acids is 2. The summed E-state index contributed by atoms with van der Waals surface area (Å²) < 4.78 is 11.2. The van der Waals surface area contributed by atoms with Crippen molar-refractivity contribution < 1.29 is 18.7 Å². The summed E-state index contributed by atoms with van der Waals surface area (Å²) in [5, 5.41) is 2.78. The number of nitrogens with one attached hydrogen (secondary N) is 1. The van der Waals surface area contributed by atoms with Crippen LogP contribution in [0.3, 0.4) is 0 Å². The third-order valence-electron chi connectivity index (χ3n) is 3.94. The number of halogens is 1. The van der Waals surface area contributed by atoms with Crippen molar-refractivity contribution in [2.45, 2.75) is 6.42 Å². The number of benzene rings is 1. The molecule has 1 aromatic heterocycles. The predicted molar refractivity (Wildman–Crippen MR) is 102 cm³/mol. The second-order valence-electron chi connectivity index (χ2n) is 6.23. The maximum atomic E-state index is 12.3. The van der Waals surface area contributed by atoms with Gasteiger partial charge in [0.1, 0.15) is 5.75 Å². The quantitative estimate of drug-likeness (QED) is 0.775. The number of fused-ring (bicyclic) bond motifs is 1. The van der Waals surface area contributed by atoms with Gasteiger partial charge in [0.05, 0.1) is 5.69 Å². The highest BCUT2D eigenvalue weighted by molar-refractivity contribution is 9.10. The van der Waals surface area contributed by atoms with Gasteiger partial charge in [-0.05, 0) is 73.3 Å². The largest absolute Gasteiger partial charge is 0.482 e. The van der Waals surface area contributed by atoms with E-state index in [1.54, 1.807) is 35.2 Å². The zero-order valence-corrected chi connectivity index (χ0v) is 16.2. The van der Waals surface area contributed by atoms with Crippen LogP contribution in [0.5, 0.6) is 5.75 Å². The van der Waals surface area contributed by atoms with Gasteiger partial charge in [0.15, 0.2) is 17.0 Å². The number of hydrogen-bond acceptors (Lipinski definition) is 5. The molecule has 0 saturated carbocycles. The van der Waals surface area contributed by atoms with Crippen LogP contribution in [0.2, 0.25) is 0 Å². The molecular formula is C18H20BrN3O4. The Kier molecular flexibility index (Phi) is 5.63. The minimum absolute atomic E-state index is 0.0289. The van der Waals surface area contributed by atoms with E-state index in [1.807, 2.05) is 14.1 Å². The molecule has 7 nitrogen and oxygen atoms in total. The molecule has 0 spiro atoms. The zero-order valence-electron chi connectivity index (χ0n) is 14.6. The normalized spacial score (nSPS) is 13.5. The number of nitrogens with zero attached hydrogens (tertiary/aromatic N) is 2. The average molecular weight is 422 g/mol. The number of carbonyl (C=O) groups is 2. The molecule has 1 aliphatic rings. The van der Waals surface area contributed by atoms with Crippen molar-refractivity contribution in [3.05, 3.63) is 40.8 Å². The molecule has 0 bridgehead atoms. The molecule has 2 heterocycles. The van der Waals surface area contributed by atoms with Crippen molar-refractivity contribution in [3.8, 4) is 5.75 Å². The van der Waals surface area contributed by atoms with Crippen LogP contribution in [0.4, 0.5) is 11.4 Å². The van der Waals surface area contributed by atoms with Crippen molar-refractivity contribution >= 4 is 39.1 Å². The molecule has 1 aliphatic heterocycles. The summed E-state index contributed by atoms with van der Waals surface area (Å²) in [5.41, 5.74) is 1.23. The topological polar surface area (TPSA) is 75.0 Å². The van der Waals surface area contributed by atoms with Gasteiger partial charge in [-0.2, -0.15) is 0 Å². The molecule has 0 unspecified atom stereocenters. The van der Waals surface area contributed by atoms with E-state index in [-0.39, 0.29) is 24.2 Å². The number of ether oxygens (including phenoxy) is 1. The van der Waals surface area contributed by atoms with Crippen LogP contribution in [-0.4, -0.2) is 50.5 Å². The van der Waals surface area contributed by atoms with E-state index in [1.165, 1.54) is 0 Å². The first-order valence-corrected chi connectivity index (χ1v) is 9.02. The van der Waals surface area contributed by atoms with E-state index in [0.717, 1.165) is 13.0 Å². The molecule has 2 amide bonds. The highest BCUT2D eigenvalue weighted by Crippen LogP contribution is 2.34. The van der Waals surface area contributed by atoms with E-state index >= 15 is 0 Å². The Morgan fingerprint density at radius 3 is 2.81 bits per heavy atom. The molecule has 138 valence electrons. The van der Waals surface area contributed by atoms with Gasteiger partial charge < -0.3 is 24.3 Å². The molecule has 0 atom stereocenters. The first kappa shape index (κ1) is 18.5. The maximum absolute atomic E-state index is 12.3. The molecule has 26 heavy (non-hydrogen) atoms. The Labute approximate surface area is 160 Å². The molecule has 8 heteroatoms. The highest BCUT2D eigenvalue weighted by Gasteiger charge is 2.26. The fourth-order valence-corrected chi connectivity index (χ4v) is 3.01. The van der Waals surface area contributed by atoms with Gasteiger partial charge >= 0.3 is 0 Å². The highest BCUT2D eigenvalue weighted by atomic mass is 79.9. The Morgan fingerprint density at radius 2 is 2.12 bits per heavy atom. The lowest BCUT2D eigenvalue weighted by atomic mass is 10.2. The first-order chi connectivity index (χ1) is 12.4. The SMILES string of the molecule is CN(C)CCCN1C(=O)COc2ccc(NC(=O)c3ccc(Br)o3)cc21. The lowest BCUT2D eigenvalue weighted by molar-refractivity contribution is -0.121. The van der Waals surface area contributed by atoms with E-state index in [0.29, 0.717) is 28.3 Å². The fourth-order valence-electron chi connectivity index (χ4n) is 2.70. The van der Waals surface area contributed by atoms with Gasteiger partial charge in [0.25, 0.3) is 11.8 Å². The van der Waals surface area contributed by atoms with E-state index in [2.05, 4.69) is 26.1 Å². The number of rotatable bonds is 6. The van der Waals surface area contributed by atoms with Gasteiger partial charge in [0, 0.05) is 12.2 Å². The summed E-state index contributed by atoms with van der Waals surface area (Å²) >= 11 is 3.17. The van der Waals surface area contributed by atoms with Crippen molar-refractivity contribution in [2.75, 3.05) is 44.0 Å². The summed E-state index contributed by atoms with van der Waals surface area (Å²) in [4.78, 5) is 28.3. The second kappa shape index (κ2) is 7.92. The van der Waals surface area contributed by atoms with Crippen molar-refractivity contribution in [1.82, 2.24) is 4.90 Å². The summed E-state index contributed by atoms with van der Waals surface area (Å²) in [6.45, 7) is 1.50. The maximum Gasteiger partial charge on any atom is 0.291 e. The molecule has 0 radical (unpaired) electrons. The number of furan rings is 1. The van der Waals surface area contributed by atoms with Gasteiger partial charge in [0.2, 0.25) is 0 Å². The minimum Gasteiger partial charge on any atom is -0.482 e. The van der Waals surface area contributed by atoms with Crippen molar-refractivity contribution in [2.24, 2.45) is 0 Å². The van der Waals surface area contributed by atoms with Crippen LogP contribution in [-0.2, 0) is 4.79 Å². The smallest absolute Gasteiger partial charge is 0.291 e. The molecule has 0 aliphatic carbocycles. The van der Waals surface area contributed by atoms with Crippen molar-refractivity contribution in [1.29, 1.82) is 0 Å². The first-order valence-electron chi connectivity index (χ1n) is 8.22. The van der Waals surface area contributed by atoms with Gasteiger partial charge in [-0.1, -0.05) is 0 Å². The Hall–Kier alpha value is -2.32. The third-order valence-corrected chi connectivity index (χ3v) is 4.37. The lowest BCUT2D eigenvalue weighted by Gasteiger charge is -2.30. The van der Waals surface area contributed by atoms with Crippen LogP contribution in [0.15, 0.2) is 39.4 Å². The summed E-state index contributed by atoms with van der Waals surface area (Å²) in [7, 11) is 3.99. The van der Waals surface area contributed by atoms with E-state index in [4.69, 9.17) is 9.15 Å². The summed E-state index contributed by atoms with van der Waals surface area (Å²) in [5.74, 6) is 0.380. The Bertz CT molecular complexity index is 819. The molecule has 0 fully saturated rings. The number of amides is 2. The van der Waals surface area contributed by atoms with Crippen LogP contribution in [0, 0.1) is 0 Å². The Morgan fingerprint density at radius 1 is 1.31 bits per heavy atom. The average Bonchev–Trinajstić information content (AvgIpc) is 3.03. The summed E-state index contributed by atoms with van der Waals surface area (Å²) in [6, 6.07) is 8.48. The zero-order chi connectivity index (χ0) is 18.7. The van der Waals surface area contributed by atoms with E-state index < -0.39 is 0 Å². The number of anilines is 2. The Balaban J connectivity index is 1.77. The molecular weight excluding hydrogens is 402 g/mol.